The maximum Gasteiger partial charge on any atom is 0.123 e. The Balaban J connectivity index is 2.15. The monoisotopic (exact) mass is 261 g/mol. The Morgan fingerprint density at radius 1 is 1.47 bits per heavy atom. The molecule has 102 valence electrons. The summed E-state index contributed by atoms with van der Waals surface area (Å²) in [5.41, 5.74) is 7.07. The molecule has 1 aromatic carbocycles. The zero-order valence-corrected chi connectivity index (χ0v) is 11.3. The van der Waals surface area contributed by atoms with Crippen LogP contribution in [0.5, 0.6) is 0 Å². The van der Waals surface area contributed by atoms with Crippen molar-refractivity contribution in [3.63, 3.8) is 0 Å². The number of likely N-dealkylation sites (tertiary alicyclic amines) is 1. The molecule has 1 saturated heterocycles. The molecule has 1 aromatic rings. The van der Waals surface area contributed by atoms with E-state index in [1.807, 2.05) is 0 Å². The van der Waals surface area contributed by atoms with Gasteiger partial charge in [0.05, 0.1) is 11.6 Å². The van der Waals surface area contributed by atoms with E-state index in [1.54, 1.807) is 6.07 Å². The fourth-order valence-electron chi connectivity index (χ4n) is 2.70. The first-order chi connectivity index (χ1) is 9.13. The van der Waals surface area contributed by atoms with E-state index in [4.69, 9.17) is 11.0 Å². The Morgan fingerprint density at radius 3 is 2.95 bits per heavy atom. The molecule has 0 aliphatic carbocycles. The van der Waals surface area contributed by atoms with Gasteiger partial charge in [-0.25, -0.2) is 4.39 Å². The summed E-state index contributed by atoms with van der Waals surface area (Å²) in [6, 6.07) is 6.95. The first kappa shape index (κ1) is 14.0. The highest BCUT2D eigenvalue weighted by Gasteiger charge is 2.25. The van der Waals surface area contributed by atoms with Crippen molar-refractivity contribution in [2.45, 2.75) is 32.4 Å². The van der Waals surface area contributed by atoms with Gasteiger partial charge in [-0.15, -0.1) is 0 Å². The van der Waals surface area contributed by atoms with Crippen LogP contribution in [0.3, 0.4) is 0 Å². The summed E-state index contributed by atoms with van der Waals surface area (Å²) in [6.45, 7) is 4.42. The van der Waals surface area contributed by atoms with Crippen LogP contribution in [0.1, 0.15) is 30.9 Å². The van der Waals surface area contributed by atoms with Gasteiger partial charge in [-0.1, -0.05) is 0 Å². The topological polar surface area (TPSA) is 53.0 Å². The molecular formula is C15H20FN3. The molecule has 1 fully saturated rings. The first-order valence-corrected chi connectivity index (χ1v) is 6.76. The van der Waals surface area contributed by atoms with Crippen molar-refractivity contribution in [3.8, 4) is 6.07 Å². The average Bonchev–Trinajstić information content (AvgIpc) is 2.41. The molecule has 0 bridgehead atoms. The fourth-order valence-corrected chi connectivity index (χ4v) is 2.70. The van der Waals surface area contributed by atoms with Crippen LogP contribution in [0.4, 0.5) is 4.39 Å². The van der Waals surface area contributed by atoms with Crippen molar-refractivity contribution in [1.29, 1.82) is 5.26 Å². The molecule has 1 aliphatic heterocycles. The van der Waals surface area contributed by atoms with Crippen LogP contribution in [0.25, 0.3) is 0 Å². The van der Waals surface area contributed by atoms with E-state index in [0.717, 1.165) is 24.9 Å². The standard InChI is InChI=1S/C15H20FN3/c1-11-2-3-12(7-17)9-19(11)10-14-6-15(16)5-4-13(14)8-18/h4-6,11-12H,2-3,7,9-10,17H2,1H3. The third-order valence-electron chi connectivity index (χ3n) is 4.00. The summed E-state index contributed by atoms with van der Waals surface area (Å²) >= 11 is 0. The minimum atomic E-state index is -0.283. The second-order valence-electron chi connectivity index (χ2n) is 5.37. The smallest absolute Gasteiger partial charge is 0.123 e. The summed E-state index contributed by atoms with van der Waals surface area (Å²) in [7, 11) is 0. The normalized spacial score (nSPS) is 24.1. The summed E-state index contributed by atoms with van der Waals surface area (Å²) in [5, 5.41) is 9.09. The lowest BCUT2D eigenvalue weighted by atomic mass is 9.93. The molecule has 2 unspecified atom stereocenters. The molecule has 1 heterocycles. The van der Waals surface area contributed by atoms with Gasteiger partial charge in [-0.05, 0) is 56.0 Å². The van der Waals surface area contributed by atoms with Gasteiger partial charge >= 0.3 is 0 Å². The Hall–Kier alpha value is -1.44. The number of benzene rings is 1. The number of piperidine rings is 1. The SMILES string of the molecule is CC1CCC(CN)CN1Cc1cc(F)ccc1C#N. The summed E-state index contributed by atoms with van der Waals surface area (Å²) in [5.74, 6) is 0.226. The lowest BCUT2D eigenvalue weighted by Crippen LogP contribution is -2.43. The Morgan fingerprint density at radius 2 is 2.26 bits per heavy atom. The zero-order valence-electron chi connectivity index (χ0n) is 11.3. The molecule has 0 saturated carbocycles. The minimum Gasteiger partial charge on any atom is -0.330 e. The van der Waals surface area contributed by atoms with E-state index < -0.39 is 0 Å². The van der Waals surface area contributed by atoms with Crippen LogP contribution < -0.4 is 5.73 Å². The van der Waals surface area contributed by atoms with Crippen molar-refractivity contribution in [3.05, 3.63) is 35.1 Å². The van der Waals surface area contributed by atoms with E-state index in [9.17, 15) is 4.39 Å². The van der Waals surface area contributed by atoms with Crippen LogP contribution in [0, 0.1) is 23.1 Å². The molecule has 4 heteroatoms. The average molecular weight is 261 g/mol. The van der Waals surface area contributed by atoms with Gasteiger partial charge in [-0.2, -0.15) is 5.26 Å². The van der Waals surface area contributed by atoms with Gasteiger partial charge in [0.15, 0.2) is 0 Å². The number of halogens is 1. The number of nitrogens with zero attached hydrogens (tertiary/aromatic N) is 2. The lowest BCUT2D eigenvalue weighted by molar-refractivity contribution is 0.113. The Kier molecular flexibility index (Phi) is 4.52. The number of nitriles is 1. The lowest BCUT2D eigenvalue weighted by Gasteiger charge is -2.37. The second-order valence-corrected chi connectivity index (χ2v) is 5.37. The van der Waals surface area contributed by atoms with E-state index in [2.05, 4.69) is 17.9 Å². The number of hydrogen-bond acceptors (Lipinski definition) is 3. The summed E-state index contributed by atoms with van der Waals surface area (Å²) < 4.78 is 13.3. The van der Waals surface area contributed by atoms with Crippen molar-refractivity contribution in [1.82, 2.24) is 4.90 Å². The van der Waals surface area contributed by atoms with E-state index in [1.165, 1.54) is 12.1 Å². The maximum atomic E-state index is 13.3. The molecule has 3 nitrogen and oxygen atoms in total. The molecule has 0 aromatic heterocycles. The molecule has 0 radical (unpaired) electrons. The maximum absolute atomic E-state index is 13.3. The molecule has 2 atom stereocenters. The molecule has 2 N–H and O–H groups in total. The predicted octanol–water partition coefficient (Wildman–Crippen LogP) is 2.26. The number of rotatable bonds is 3. The molecule has 0 amide bonds. The molecule has 2 rings (SSSR count). The summed E-state index contributed by atoms with van der Waals surface area (Å²) in [6.07, 6.45) is 2.27. The van der Waals surface area contributed by atoms with Gasteiger partial charge < -0.3 is 5.73 Å². The minimum absolute atomic E-state index is 0.283. The largest absolute Gasteiger partial charge is 0.330 e. The van der Waals surface area contributed by atoms with Gasteiger partial charge in [-0.3, -0.25) is 4.90 Å². The van der Waals surface area contributed by atoms with Crippen LogP contribution >= 0.6 is 0 Å². The van der Waals surface area contributed by atoms with Crippen molar-refractivity contribution in [2.24, 2.45) is 11.7 Å². The highest BCUT2D eigenvalue weighted by atomic mass is 19.1. The fraction of sp³-hybridized carbons (Fsp3) is 0.533. The van der Waals surface area contributed by atoms with E-state index in [-0.39, 0.29) is 5.82 Å². The third-order valence-corrected chi connectivity index (χ3v) is 4.00. The quantitative estimate of drug-likeness (QED) is 0.908. The van der Waals surface area contributed by atoms with Crippen molar-refractivity contribution >= 4 is 0 Å². The van der Waals surface area contributed by atoms with Gasteiger partial charge in [0.2, 0.25) is 0 Å². The number of nitrogens with two attached hydrogens (primary N) is 1. The Labute approximate surface area is 113 Å². The third kappa shape index (κ3) is 3.31. The van der Waals surface area contributed by atoms with Gasteiger partial charge in [0, 0.05) is 19.1 Å². The molecular weight excluding hydrogens is 241 g/mol. The number of hydrogen-bond donors (Lipinski definition) is 1. The molecule has 0 spiro atoms. The first-order valence-electron chi connectivity index (χ1n) is 6.76. The Bertz CT molecular complexity index is 481. The van der Waals surface area contributed by atoms with Crippen molar-refractivity contribution < 1.29 is 4.39 Å². The predicted molar refractivity (Wildman–Crippen MR) is 72.8 cm³/mol. The molecule has 1 aliphatic rings. The molecule has 19 heavy (non-hydrogen) atoms. The van der Waals surface area contributed by atoms with Crippen LogP contribution in [-0.2, 0) is 6.54 Å². The zero-order chi connectivity index (χ0) is 13.8. The van der Waals surface area contributed by atoms with Crippen LogP contribution in [0.15, 0.2) is 18.2 Å². The van der Waals surface area contributed by atoms with Gasteiger partial charge in [0.25, 0.3) is 0 Å². The van der Waals surface area contributed by atoms with Crippen LogP contribution in [0.2, 0.25) is 0 Å². The van der Waals surface area contributed by atoms with Gasteiger partial charge in [0.1, 0.15) is 5.82 Å². The second kappa shape index (κ2) is 6.14. The van der Waals surface area contributed by atoms with E-state index >= 15 is 0 Å². The highest BCUT2D eigenvalue weighted by Crippen LogP contribution is 2.24. The van der Waals surface area contributed by atoms with Crippen LogP contribution in [-0.4, -0.2) is 24.0 Å². The van der Waals surface area contributed by atoms with E-state index in [0.29, 0.717) is 30.6 Å². The highest BCUT2D eigenvalue weighted by molar-refractivity contribution is 5.37. The van der Waals surface area contributed by atoms with Crippen molar-refractivity contribution in [2.75, 3.05) is 13.1 Å². The summed E-state index contributed by atoms with van der Waals surface area (Å²) in [4.78, 5) is 2.30.